The topological polar surface area (TPSA) is 96.5 Å². The summed E-state index contributed by atoms with van der Waals surface area (Å²) in [5.74, 6) is 0.421. The van der Waals surface area contributed by atoms with Gasteiger partial charge in [0.25, 0.3) is 0 Å². The van der Waals surface area contributed by atoms with Gasteiger partial charge >= 0.3 is 0 Å². The van der Waals surface area contributed by atoms with Gasteiger partial charge in [0.2, 0.25) is 16.0 Å². The van der Waals surface area contributed by atoms with E-state index >= 15 is 0 Å². The van der Waals surface area contributed by atoms with Crippen molar-refractivity contribution in [3.63, 3.8) is 0 Å². The molecule has 1 saturated heterocycles. The highest BCUT2D eigenvalue weighted by molar-refractivity contribution is 7.89. The van der Waals surface area contributed by atoms with Gasteiger partial charge in [-0.2, -0.15) is 0 Å². The molecule has 1 aromatic rings. The minimum atomic E-state index is -3.55. The number of hydrogen-bond acceptors (Lipinski definition) is 7. The number of aromatic nitrogens is 2. The Labute approximate surface area is 125 Å². The number of sulfonamides is 1. The summed E-state index contributed by atoms with van der Waals surface area (Å²) >= 11 is 0. The monoisotopic (exact) mass is 315 g/mol. The molecule has 0 aromatic carbocycles. The smallest absolute Gasteiger partial charge is 0.243 e. The molecule has 2 heterocycles. The van der Waals surface area contributed by atoms with Crippen LogP contribution in [0.3, 0.4) is 0 Å². The molecule has 9 heteroatoms. The fraction of sp³-hybridized carbons (Fsp3) is 0.667. The summed E-state index contributed by atoms with van der Waals surface area (Å²) in [6.07, 6.45) is 2.62. The van der Waals surface area contributed by atoms with Gasteiger partial charge in [-0.05, 0) is 6.92 Å². The Hall–Kier alpha value is -1.29. The lowest BCUT2D eigenvalue weighted by Crippen LogP contribution is -2.41. The summed E-state index contributed by atoms with van der Waals surface area (Å²) in [7, 11) is -3.55. The largest absolute Gasteiger partial charge is 0.379 e. The molecule has 0 aliphatic carbocycles. The van der Waals surface area contributed by atoms with Crippen molar-refractivity contribution in [2.75, 3.05) is 51.3 Å². The Bertz CT molecular complexity index is 528. The molecular formula is C12H21N5O3S. The highest BCUT2D eigenvalue weighted by Crippen LogP contribution is 2.07. The maximum atomic E-state index is 12.1. The molecule has 21 heavy (non-hydrogen) atoms. The maximum Gasteiger partial charge on any atom is 0.243 e. The lowest BCUT2D eigenvalue weighted by Gasteiger charge is -2.26. The van der Waals surface area contributed by atoms with Crippen LogP contribution >= 0.6 is 0 Å². The van der Waals surface area contributed by atoms with Crippen LogP contribution < -0.4 is 10.0 Å². The third-order valence-corrected chi connectivity index (χ3v) is 4.51. The van der Waals surface area contributed by atoms with E-state index in [0.717, 1.165) is 13.1 Å². The van der Waals surface area contributed by atoms with Crippen molar-refractivity contribution >= 4 is 16.0 Å². The van der Waals surface area contributed by atoms with Crippen molar-refractivity contribution in [2.45, 2.75) is 11.8 Å². The van der Waals surface area contributed by atoms with E-state index in [1.807, 2.05) is 6.92 Å². The van der Waals surface area contributed by atoms with Gasteiger partial charge in [-0.15, -0.1) is 0 Å². The Morgan fingerprint density at radius 3 is 2.57 bits per heavy atom. The second kappa shape index (κ2) is 7.64. The van der Waals surface area contributed by atoms with Crippen molar-refractivity contribution in [3.8, 4) is 0 Å². The minimum absolute atomic E-state index is 0.0751. The molecule has 0 amide bonds. The average molecular weight is 315 g/mol. The molecule has 0 bridgehead atoms. The van der Waals surface area contributed by atoms with Gasteiger partial charge in [0.1, 0.15) is 4.90 Å². The number of anilines is 1. The molecule has 1 aliphatic heterocycles. The Kier molecular flexibility index (Phi) is 5.85. The van der Waals surface area contributed by atoms with Crippen LogP contribution in [0, 0.1) is 0 Å². The maximum absolute atomic E-state index is 12.1. The average Bonchev–Trinajstić information content (AvgIpc) is 2.49. The Morgan fingerprint density at radius 1 is 1.29 bits per heavy atom. The van der Waals surface area contributed by atoms with Gasteiger partial charge in [0, 0.05) is 32.7 Å². The van der Waals surface area contributed by atoms with Crippen LogP contribution in [0.4, 0.5) is 5.95 Å². The van der Waals surface area contributed by atoms with Crippen LogP contribution in [0.2, 0.25) is 0 Å². The standard InChI is InChI=1S/C12H21N5O3S/c1-2-13-12-14-9-11(10-15-12)21(18,19)16-3-4-17-5-7-20-8-6-17/h9-10,16H,2-8H2,1H3,(H,13,14,15). The van der Waals surface area contributed by atoms with Crippen LogP contribution in [0.25, 0.3) is 0 Å². The van der Waals surface area contributed by atoms with Gasteiger partial charge in [0.15, 0.2) is 0 Å². The van der Waals surface area contributed by atoms with Crippen molar-refractivity contribution in [1.29, 1.82) is 0 Å². The molecule has 2 N–H and O–H groups in total. The third-order valence-electron chi connectivity index (χ3n) is 3.10. The molecule has 0 atom stereocenters. The Morgan fingerprint density at radius 2 is 1.95 bits per heavy atom. The summed E-state index contributed by atoms with van der Waals surface area (Å²) < 4.78 is 32.0. The van der Waals surface area contributed by atoms with E-state index in [2.05, 4.69) is 24.9 Å². The molecule has 1 aliphatic rings. The summed E-state index contributed by atoms with van der Waals surface area (Å²) in [4.78, 5) is 10.2. The molecule has 0 radical (unpaired) electrons. The summed E-state index contributed by atoms with van der Waals surface area (Å²) in [6.45, 7) is 6.70. The van der Waals surface area contributed by atoms with E-state index < -0.39 is 10.0 Å². The lowest BCUT2D eigenvalue weighted by molar-refractivity contribution is 0.0390. The SMILES string of the molecule is CCNc1ncc(S(=O)(=O)NCCN2CCOCC2)cn1. The first kappa shape index (κ1) is 16.1. The van der Waals surface area contributed by atoms with Gasteiger partial charge in [0.05, 0.1) is 25.6 Å². The quantitative estimate of drug-likeness (QED) is 0.701. The number of nitrogens with one attached hydrogen (secondary N) is 2. The zero-order valence-corrected chi connectivity index (χ0v) is 12.9. The second-order valence-corrected chi connectivity index (χ2v) is 6.39. The molecule has 8 nitrogen and oxygen atoms in total. The zero-order valence-electron chi connectivity index (χ0n) is 12.1. The molecule has 0 spiro atoms. The number of ether oxygens (including phenoxy) is 1. The van der Waals surface area contributed by atoms with Crippen molar-refractivity contribution in [2.24, 2.45) is 0 Å². The number of hydrogen-bond donors (Lipinski definition) is 2. The molecule has 0 unspecified atom stereocenters. The molecule has 1 fully saturated rings. The van der Waals surface area contributed by atoms with Crippen LogP contribution in [0.1, 0.15) is 6.92 Å². The van der Waals surface area contributed by atoms with E-state index in [1.165, 1.54) is 12.4 Å². The van der Waals surface area contributed by atoms with Crippen LogP contribution in [0.5, 0.6) is 0 Å². The first-order valence-corrected chi connectivity index (χ1v) is 8.46. The van der Waals surface area contributed by atoms with Crippen molar-refractivity contribution in [1.82, 2.24) is 19.6 Å². The first-order valence-electron chi connectivity index (χ1n) is 6.97. The fourth-order valence-corrected chi connectivity index (χ4v) is 2.86. The number of morpholine rings is 1. The van der Waals surface area contributed by atoms with Crippen LogP contribution in [0.15, 0.2) is 17.3 Å². The molecule has 2 rings (SSSR count). The highest BCUT2D eigenvalue weighted by Gasteiger charge is 2.16. The van der Waals surface area contributed by atoms with Gasteiger partial charge in [-0.25, -0.2) is 23.1 Å². The molecule has 118 valence electrons. The van der Waals surface area contributed by atoms with Gasteiger partial charge in [-0.1, -0.05) is 0 Å². The molecule has 1 aromatic heterocycles. The summed E-state index contributed by atoms with van der Waals surface area (Å²) in [6, 6.07) is 0. The van der Waals surface area contributed by atoms with Crippen LogP contribution in [-0.2, 0) is 14.8 Å². The number of nitrogens with zero attached hydrogens (tertiary/aromatic N) is 3. The normalized spacial score (nSPS) is 16.8. The zero-order chi connectivity index (χ0) is 15.1. The van der Waals surface area contributed by atoms with Gasteiger partial charge < -0.3 is 10.1 Å². The summed E-state index contributed by atoms with van der Waals surface area (Å²) in [5.41, 5.74) is 0. The predicted octanol–water partition coefficient (Wildman–Crippen LogP) is -0.481. The van der Waals surface area contributed by atoms with Gasteiger partial charge in [-0.3, -0.25) is 4.90 Å². The third kappa shape index (κ3) is 4.88. The minimum Gasteiger partial charge on any atom is -0.379 e. The number of rotatable bonds is 7. The van der Waals surface area contributed by atoms with E-state index in [0.29, 0.717) is 38.8 Å². The summed E-state index contributed by atoms with van der Waals surface area (Å²) in [5, 5.41) is 2.92. The first-order chi connectivity index (χ1) is 10.1. The predicted molar refractivity (Wildman–Crippen MR) is 78.6 cm³/mol. The van der Waals surface area contributed by atoms with E-state index in [4.69, 9.17) is 4.74 Å². The van der Waals surface area contributed by atoms with E-state index in [9.17, 15) is 8.42 Å². The van der Waals surface area contributed by atoms with E-state index in [1.54, 1.807) is 0 Å². The lowest BCUT2D eigenvalue weighted by atomic mass is 10.4. The van der Waals surface area contributed by atoms with Crippen LogP contribution in [-0.4, -0.2) is 69.2 Å². The highest BCUT2D eigenvalue weighted by atomic mass is 32.2. The van der Waals surface area contributed by atoms with Crippen molar-refractivity contribution < 1.29 is 13.2 Å². The van der Waals surface area contributed by atoms with Crippen molar-refractivity contribution in [3.05, 3.63) is 12.4 Å². The molecule has 0 saturated carbocycles. The molecular weight excluding hydrogens is 294 g/mol. The van der Waals surface area contributed by atoms with E-state index in [-0.39, 0.29) is 4.90 Å². The fourth-order valence-electron chi connectivity index (χ4n) is 1.95. The Balaban J connectivity index is 1.85. The second-order valence-electron chi connectivity index (χ2n) is 4.62.